The fourth-order valence-electron chi connectivity index (χ4n) is 4.30. The van der Waals surface area contributed by atoms with Crippen LogP contribution >= 0.6 is 0 Å². The standard InChI is InChI=1S/C26H27NO4/c1-2-17-9-3-4-10-18(17)25(29)24(28)15-27-26(30)31-16-23-21-13-7-5-11-19(21)20-12-6-8-14-22(20)23/h3-14,23-25,28-29H,2,15-16H2,1H3,(H,27,30). The first-order chi connectivity index (χ1) is 15.1. The number of nitrogens with one attached hydrogen (secondary N) is 1. The van der Waals surface area contributed by atoms with Gasteiger partial charge in [-0.05, 0) is 39.8 Å². The number of ether oxygens (including phenoxy) is 1. The maximum Gasteiger partial charge on any atom is 0.407 e. The van der Waals surface area contributed by atoms with Crippen LogP contribution in [0.5, 0.6) is 0 Å². The van der Waals surface area contributed by atoms with Crippen molar-refractivity contribution >= 4 is 6.09 Å². The Kier molecular flexibility index (Phi) is 6.35. The van der Waals surface area contributed by atoms with E-state index in [0.717, 1.165) is 23.1 Å². The molecule has 0 aromatic heterocycles. The van der Waals surface area contributed by atoms with Gasteiger partial charge < -0.3 is 20.3 Å². The Bertz CT molecular complexity index is 1020. The Morgan fingerprint density at radius 1 is 0.935 bits per heavy atom. The molecule has 0 radical (unpaired) electrons. The molecule has 1 amide bonds. The van der Waals surface area contributed by atoms with Gasteiger partial charge in [0.15, 0.2) is 0 Å². The second-order valence-electron chi connectivity index (χ2n) is 7.77. The summed E-state index contributed by atoms with van der Waals surface area (Å²) in [5, 5.41) is 23.4. The maximum absolute atomic E-state index is 12.3. The van der Waals surface area contributed by atoms with E-state index in [1.807, 2.05) is 49.4 Å². The van der Waals surface area contributed by atoms with Gasteiger partial charge in [0.25, 0.3) is 0 Å². The van der Waals surface area contributed by atoms with Gasteiger partial charge in [-0.2, -0.15) is 0 Å². The van der Waals surface area contributed by atoms with Crippen LogP contribution in [-0.2, 0) is 11.2 Å². The first-order valence-corrected chi connectivity index (χ1v) is 10.6. The number of aliphatic hydroxyl groups excluding tert-OH is 2. The second-order valence-corrected chi connectivity index (χ2v) is 7.77. The van der Waals surface area contributed by atoms with E-state index in [2.05, 4.69) is 29.6 Å². The zero-order valence-electron chi connectivity index (χ0n) is 17.5. The first-order valence-electron chi connectivity index (χ1n) is 10.6. The van der Waals surface area contributed by atoms with Crippen LogP contribution in [-0.4, -0.2) is 35.6 Å². The number of aryl methyl sites for hydroxylation is 1. The van der Waals surface area contributed by atoms with Crippen molar-refractivity contribution in [3.63, 3.8) is 0 Å². The van der Waals surface area contributed by atoms with Crippen molar-refractivity contribution in [1.29, 1.82) is 0 Å². The van der Waals surface area contributed by atoms with Crippen LogP contribution < -0.4 is 5.32 Å². The molecule has 3 N–H and O–H groups in total. The molecule has 0 heterocycles. The van der Waals surface area contributed by atoms with Crippen LogP contribution in [0.15, 0.2) is 72.8 Å². The molecule has 1 aliphatic carbocycles. The van der Waals surface area contributed by atoms with Crippen molar-refractivity contribution in [3.05, 3.63) is 95.1 Å². The number of hydrogen-bond acceptors (Lipinski definition) is 4. The SMILES string of the molecule is CCc1ccccc1C(O)C(O)CNC(=O)OCC1c2ccccc2-c2ccccc21. The van der Waals surface area contributed by atoms with Crippen molar-refractivity contribution in [2.24, 2.45) is 0 Å². The second kappa shape index (κ2) is 9.33. The van der Waals surface area contributed by atoms with E-state index in [1.54, 1.807) is 6.07 Å². The summed E-state index contributed by atoms with van der Waals surface area (Å²) in [5.74, 6) is -0.0231. The van der Waals surface area contributed by atoms with Gasteiger partial charge in [0.1, 0.15) is 18.8 Å². The number of benzene rings is 3. The molecule has 3 aromatic carbocycles. The van der Waals surface area contributed by atoms with Crippen molar-refractivity contribution in [2.75, 3.05) is 13.2 Å². The molecule has 1 aliphatic rings. The number of hydrogen-bond donors (Lipinski definition) is 3. The number of alkyl carbamates (subject to hydrolysis) is 1. The highest BCUT2D eigenvalue weighted by Crippen LogP contribution is 2.44. The average Bonchev–Trinajstić information content (AvgIpc) is 3.14. The minimum atomic E-state index is -1.13. The fourth-order valence-corrected chi connectivity index (χ4v) is 4.30. The van der Waals surface area contributed by atoms with Crippen LogP contribution in [0.25, 0.3) is 11.1 Å². The predicted octanol–water partition coefficient (Wildman–Crippen LogP) is 4.18. The van der Waals surface area contributed by atoms with Crippen molar-refractivity contribution in [1.82, 2.24) is 5.32 Å². The van der Waals surface area contributed by atoms with E-state index in [0.29, 0.717) is 5.56 Å². The smallest absolute Gasteiger partial charge is 0.407 e. The zero-order chi connectivity index (χ0) is 21.8. The molecule has 0 saturated heterocycles. The normalized spacial score (nSPS) is 14.4. The minimum absolute atomic E-state index is 0.0231. The van der Waals surface area contributed by atoms with Gasteiger partial charge in [-0.1, -0.05) is 79.7 Å². The summed E-state index contributed by atoms with van der Waals surface area (Å²) < 4.78 is 5.48. The number of amides is 1. The zero-order valence-corrected chi connectivity index (χ0v) is 17.5. The van der Waals surface area contributed by atoms with Gasteiger partial charge in [-0.3, -0.25) is 0 Å². The number of fused-ring (bicyclic) bond motifs is 3. The molecule has 4 rings (SSSR count). The Morgan fingerprint density at radius 3 is 2.16 bits per heavy atom. The van der Waals surface area contributed by atoms with E-state index >= 15 is 0 Å². The molecule has 160 valence electrons. The number of carbonyl (C=O) groups excluding carboxylic acids is 1. The van der Waals surface area contributed by atoms with Gasteiger partial charge >= 0.3 is 6.09 Å². The predicted molar refractivity (Wildman–Crippen MR) is 120 cm³/mol. The topological polar surface area (TPSA) is 78.8 Å². The lowest BCUT2D eigenvalue weighted by molar-refractivity contribution is 0.0181. The first kappa shape index (κ1) is 21.1. The summed E-state index contributed by atoms with van der Waals surface area (Å²) in [6.45, 7) is 2.10. The van der Waals surface area contributed by atoms with Gasteiger partial charge in [0, 0.05) is 12.5 Å². The monoisotopic (exact) mass is 417 g/mol. The molecule has 0 saturated carbocycles. The van der Waals surface area contributed by atoms with Gasteiger partial charge in [-0.25, -0.2) is 4.79 Å². The van der Waals surface area contributed by atoms with Crippen molar-refractivity contribution in [2.45, 2.75) is 31.5 Å². The van der Waals surface area contributed by atoms with Crippen LogP contribution in [0, 0.1) is 0 Å². The average molecular weight is 418 g/mol. The van der Waals surface area contributed by atoms with E-state index in [4.69, 9.17) is 4.74 Å². The molecule has 5 nitrogen and oxygen atoms in total. The Balaban J connectivity index is 1.35. The lowest BCUT2D eigenvalue weighted by atomic mass is 9.97. The molecule has 0 spiro atoms. The third-order valence-corrected chi connectivity index (χ3v) is 5.92. The summed E-state index contributed by atoms with van der Waals surface area (Å²) in [4.78, 5) is 12.3. The number of rotatable bonds is 7. The number of carbonyl (C=O) groups is 1. The summed E-state index contributed by atoms with van der Waals surface area (Å²) in [7, 11) is 0. The third kappa shape index (κ3) is 4.33. The minimum Gasteiger partial charge on any atom is -0.449 e. The molecule has 5 heteroatoms. The Morgan fingerprint density at radius 2 is 1.52 bits per heavy atom. The quantitative estimate of drug-likeness (QED) is 0.539. The molecule has 31 heavy (non-hydrogen) atoms. The molecule has 3 aromatic rings. The van der Waals surface area contributed by atoms with Crippen molar-refractivity contribution in [3.8, 4) is 11.1 Å². The Hall–Kier alpha value is -3.15. The van der Waals surface area contributed by atoms with Gasteiger partial charge in [-0.15, -0.1) is 0 Å². The Labute approximate surface area is 182 Å². The number of aliphatic hydroxyl groups is 2. The van der Waals surface area contributed by atoms with Crippen LogP contribution in [0.3, 0.4) is 0 Å². The lowest BCUT2D eigenvalue weighted by Crippen LogP contribution is -2.36. The highest BCUT2D eigenvalue weighted by Gasteiger charge is 2.29. The molecule has 2 unspecified atom stereocenters. The lowest BCUT2D eigenvalue weighted by Gasteiger charge is -2.21. The van der Waals surface area contributed by atoms with E-state index in [9.17, 15) is 15.0 Å². The third-order valence-electron chi connectivity index (χ3n) is 5.92. The maximum atomic E-state index is 12.3. The highest BCUT2D eigenvalue weighted by molar-refractivity contribution is 5.79. The van der Waals surface area contributed by atoms with Crippen LogP contribution in [0.4, 0.5) is 4.79 Å². The molecule has 0 fully saturated rings. The summed E-state index contributed by atoms with van der Waals surface area (Å²) in [6, 6.07) is 23.7. The van der Waals surface area contributed by atoms with Crippen LogP contribution in [0.1, 0.15) is 41.2 Å². The van der Waals surface area contributed by atoms with Crippen LogP contribution in [0.2, 0.25) is 0 Å². The molecule has 2 atom stereocenters. The van der Waals surface area contributed by atoms with Gasteiger partial charge in [0.2, 0.25) is 0 Å². The highest BCUT2D eigenvalue weighted by atomic mass is 16.5. The van der Waals surface area contributed by atoms with E-state index in [1.165, 1.54) is 11.1 Å². The molecular formula is C26H27NO4. The van der Waals surface area contributed by atoms with Crippen molar-refractivity contribution < 1.29 is 19.7 Å². The summed E-state index contributed by atoms with van der Waals surface area (Å²) in [5.41, 5.74) is 6.26. The van der Waals surface area contributed by atoms with E-state index in [-0.39, 0.29) is 19.1 Å². The summed E-state index contributed by atoms with van der Waals surface area (Å²) in [6.07, 6.45) is -2.07. The fraction of sp³-hybridized carbons (Fsp3) is 0.269. The van der Waals surface area contributed by atoms with Gasteiger partial charge in [0.05, 0.1) is 0 Å². The molecular weight excluding hydrogens is 390 g/mol. The van der Waals surface area contributed by atoms with E-state index < -0.39 is 18.3 Å². The molecule has 0 bridgehead atoms. The molecule has 0 aliphatic heterocycles. The largest absolute Gasteiger partial charge is 0.449 e. The summed E-state index contributed by atoms with van der Waals surface area (Å²) >= 11 is 0.